The summed E-state index contributed by atoms with van der Waals surface area (Å²) in [5, 5.41) is 40.4. The van der Waals surface area contributed by atoms with Crippen molar-refractivity contribution >= 4 is 46.5 Å². The zero-order chi connectivity index (χ0) is 44.0. The Morgan fingerprint density at radius 3 is 1.89 bits per heavy atom. The lowest BCUT2D eigenvalue weighted by molar-refractivity contribution is -0.384. The molecule has 2 aromatic heterocycles. The van der Waals surface area contributed by atoms with Crippen molar-refractivity contribution in [3.63, 3.8) is 0 Å². The molecule has 2 aliphatic heterocycles. The van der Waals surface area contributed by atoms with Gasteiger partial charge in [0.1, 0.15) is 42.4 Å². The number of carbonyl (C=O) groups excluding carboxylic acids is 4. The SMILES string of the molecule is CC(=O)OC1O[C@H]([C@@H](C)OC(=O)c2ccc([N+](=O)[O-])cc2)[C@@H](OC(=O)c2ccccc2)C1OC(=O)c1ccccc1.C[C@@H](O)[C@H]1O[C@@H](n2cnc3c(N)ncnc32)[C@H](O)[C@@H]1O. The van der Waals surface area contributed by atoms with E-state index in [2.05, 4.69) is 15.0 Å². The van der Waals surface area contributed by atoms with Crippen LogP contribution in [-0.2, 0) is 33.2 Å². The van der Waals surface area contributed by atoms with Gasteiger partial charge in [-0.15, -0.1) is 0 Å². The Morgan fingerprint density at radius 2 is 1.34 bits per heavy atom. The summed E-state index contributed by atoms with van der Waals surface area (Å²) in [6.45, 7) is 4.05. The molecule has 10 atom stereocenters. The molecule has 61 heavy (non-hydrogen) atoms. The van der Waals surface area contributed by atoms with Gasteiger partial charge in [-0.25, -0.2) is 29.3 Å². The minimum Gasteiger partial charge on any atom is -0.456 e. The van der Waals surface area contributed by atoms with Gasteiger partial charge in [0.2, 0.25) is 12.4 Å². The van der Waals surface area contributed by atoms with Gasteiger partial charge in [0.25, 0.3) is 5.69 Å². The van der Waals surface area contributed by atoms with Crippen molar-refractivity contribution in [1.29, 1.82) is 0 Å². The summed E-state index contributed by atoms with van der Waals surface area (Å²) in [6, 6.07) is 20.7. The van der Waals surface area contributed by atoms with Crippen molar-refractivity contribution in [3.8, 4) is 0 Å². The number of carbonyl (C=O) groups is 4. The third kappa shape index (κ3) is 9.94. The third-order valence-corrected chi connectivity index (χ3v) is 9.48. The molecule has 2 saturated heterocycles. The molecule has 0 saturated carbocycles. The van der Waals surface area contributed by atoms with E-state index in [1.807, 2.05) is 0 Å². The molecule has 21 heteroatoms. The second kappa shape index (κ2) is 19.0. The molecule has 2 unspecified atom stereocenters. The number of rotatable bonds is 11. The van der Waals surface area contributed by atoms with E-state index in [-0.39, 0.29) is 28.2 Å². The summed E-state index contributed by atoms with van der Waals surface area (Å²) < 4.78 is 35.0. The first-order chi connectivity index (χ1) is 29.1. The number of nitrogens with zero attached hydrogens (tertiary/aromatic N) is 5. The second-order valence-corrected chi connectivity index (χ2v) is 13.8. The van der Waals surface area contributed by atoms with E-state index in [0.717, 1.165) is 19.1 Å². The van der Waals surface area contributed by atoms with Gasteiger partial charge in [-0.05, 0) is 50.2 Å². The minimum atomic E-state index is -1.50. The number of non-ortho nitro benzene ring substituents is 1. The number of esters is 4. The monoisotopic (exact) mass is 844 g/mol. The van der Waals surface area contributed by atoms with Crippen LogP contribution < -0.4 is 5.73 Å². The zero-order valence-electron chi connectivity index (χ0n) is 32.6. The lowest BCUT2D eigenvalue weighted by atomic mass is 10.1. The van der Waals surface area contributed by atoms with Crippen molar-refractivity contribution in [2.24, 2.45) is 0 Å². The number of nitro benzene ring substituents is 1. The summed E-state index contributed by atoms with van der Waals surface area (Å²) in [5.41, 5.74) is 6.63. The van der Waals surface area contributed by atoms with E-state index in [9.17, 15) is 44.6 Å². The highest BCUT2D eigenvalue weighted by Gasteiger charge is 2.54. The van der Waals surface area contributed by atoms with Crippen LogP contribution in [0.15, 0.2) is 97.6 Å². The fourth-order valence-electron chi connectivity index (χ4n) is 6.47. The molecule has 0 aliphatic carbocycles. The normalized spacial score (nSPS) is 24.1. The molecule has 7 rings (SSSR count). The molecule has 5 N–H and O–H groups in total. The average molecular weight is 845 g/mol. The molecule has 2 fully saturated rings. The van der Waals surface area contributed by atoms with Gasteiger partial charge in [-0.3, -0.25) is 19.5 Å². The summed E-state index contributed by atoms with van der Waals surface area (Å²) >= 11 is 0. The van der Waals surface area contributed by atoms with Crippen molar-refractivity contribution in [3.05, 3.63) is 124 Å². The van der Waals surface area contributed by atoms with Crippen LogP contribution in [-0.4, -0.2) is 119 Å². The Hall–Kier alpha value is -6.91. The molecule has 4 heterocycles. The number of imidazole rings is 1. The Labute approximate surface area is 345 Å². The van der Waals surface area contributed by atoms with Gasteiger partial charge in [-0.1, -0.05) is 36.4 Å². The molecule has 0 amide bonds. The standard InChI is InChI=1S/C29H25NO11.C11H15N5O4/c1-17(37-26(32)21-13-15-22(16-14-21)30(35)36)23-24(39-27(33)19-9-5-3-6-10-19)25(29(41-23)38-18(2)31)40-28(34)20-11-7-4-8-12-20;1-4(17)8-6(18)7(19)11(20-8)16-3-15-5-9(12)13-2-14-10(5)16/h3-17,23-25,29H,1-2H3;2-4,6-8,11,17-19H,1H3,(H2,12,13,14)/t17-,23-,24-,25?,29?;4-,6+,7-,8-,11-/m11/s1. The van der Waals surface area contributed by atoms with Crippen molar-refractivity contribution in [2.45, 2.75) is 82.1 Å². The molecule has 0 spiro atoms. The number of fused-ring (bicyclic) bond motifs is 1. The van der Waals surface area contributed by atoms with Crippen LogP contribution in [0.2, 0.25) is 0 Å². The first-order valence-corrected chi connectivity index (χ1v) is 18.6. The first kappa shape index (κ1) is 43.7. The van der Waals surface area contributed by atoms with Gasteiger partial charge in [0.15, 0.2) is 23.8 Å². The molecule has 320 valence electrons. The van der Waals surface area contributed by atoms with Gasteiger partial charge in [0, 0.05) is 19.1 Å². The smallest absolute Gasteiger partial charge is 0.338 e. The van der Waals surface area contributed by atoms with E-state index < -0.39 is 90.2 Å². The molecular formula is C40H40N6O15. The number of hydrogen-bond donors (Lipinski definition) is 4. The summed E-state index contributed by atoms with van der Waals surface area (Å²) in [5.74, 6) is -2.98. The Bertz CT molecular complexity index is 2350. The van der Waals surface area contributed by atoms with Crippen molar-refractivity contribution < 1.29 is 67.8 Å². The first-order valence-electron chi connectivity index (χ1n) is 18.6. The molecule has 0 radical (unpaired) electrons. The number of nitrogens with two attached hydrogens (primary N) is 1. The van der Waals surface area contributed by atoms with Crippen LogP contribution in [0.3, 0.4) is 0 Å². The Kier molecular flexibility index (Phi) is 13.6. The van der Waals surface area contributed by atoms with Gasteiger partial charge < -0.3 is 49.5 Å². The molecular weight excluding hydrogens is 804 g/mol. The number of ether oxygens (including phenoxy) is 6. The van der Waals surface area contributed by atoms with Crippen molar-refractivity contribution in [2.75, 3.05) is 5.73 Å². The van der Waals surface area contributed by atoms with Crippen molar-refractivity contribution in [1.82, 2.24) is 19.5 Å². The highest BCUT2D eigenvalue weighted by atomic mass is 16.8. The minimum absolute atomic E-state index is 0.0156. The van der Waals surface area contributed by atoms with E-state index >= 15 is 0 Å². The van der Waals surface area contributed by atoms with E-state index in [1.54, 1.807) is 36.4 Å². The summed E-state index contributed by atoms with van der Waals surface area (Å²) in [4.78, 5) is 73.0. The van der Waals surface area contributed by atoms with Crippen LogP contribution in [0.1, 0.15) is 58.1 Å². The Balaban J connectivity index is 0.000000258. The Morgan fingerprint density at radius 1 is 0.770 bits per heavy atom. The summed E-state index contributed by atoms with van der Waals surface area (Å²) in [7, 11) is 0. The number of aliphatic hydroxyl groups is 3. The van der Waals surface area contributed by atoms with E-state index in [1.165, 1.54) is 67.5 Å². The molecule has 2 aliphatic rings. The molecule has 3 aromatic carbocycles. The lowest BCUT2D eigenvalue weighted by Gasteiger charge is -2.26. The maximum absolute atomic E-state index is 13.0. The number of nitrogen functional groups attached to an aromatic ring is 1. The number of nitro groups is 1. The molecule has 21 nitrogen and oxygen atoms in total. The number of hydrogen-bond acceptors (Lipinski definition) is 19. The van der Waals surface area contributed by atoms with Crippen LogP contribution in [0, 0.1) is 10.1 Å². The lowest BCUT2D eigenvalue weighted by Crippen LogP contribution is -2.45. The van der Waals surface area contributed by atoms with E-state index in [4.69, 9.17) is 34.2 Å². The highest BCUT2D eigenvalue weighted by molar-refractivity contribution is 5.91. The van der Waals surface area contributed by atoms with Gasteiger partial charge in [0.05, 0.1) is 34.0 Å². The number of aliphatic hydroxyl groups excluding tert-OH is 3. The topological polar surface area (TPSA) is 297 Å². The molecule has 0 bridgehead atoms. The number of aromatic nitrogens is 4. The summed E-state index contributed by atoms with van der Waals surface area (Å²) in [6.07, 6.45) is -9.11. The van der Waals surface area contributed by atoms with Gasteiger partial charge >= 0.3 is 23.9 Å². The fraction of sp³-hybridized carbons (Fsp3) is 0.325. The quantitative estimate of drug-likeness (QED) is 0.0641. The van der Waals surface area contributed by atoms with Crippen LogP contribution >= 0.6 is 0 Å². The zero-order valence-corrected chi connectivity index (χ0v) is 32.6. The third-order valence-electron chi connectivity index (χ3n) is 9.48. The highest BCUT2D eigenvalue weighted by Crippen LogP contribution is 2.34. The number of anilines is 1. The predicted octanol–water partition coefficient (Wildman–Crippen LogP) is 2.29. The predicted molar refractivity (Wildman–Crippen MR) is 207 cm³/mol. The van der Waals surface area contributed by atoms with Crippen LogP contribution in [0.5, 0.6) is 0 Å². The fourth-order valence-corrected chi connectivity index (χ4v) is 6.47. The second-order valence-electron chi connectivity index (χ2n) is 13.8. The molecule has 5 aromatic rings. The van der Waals surface area contributed by atoms with E-state index in [0.29, 0.717) is 11.2 Å². The maximum atomic E-state index is 13.0. The largest absolute Gasteiger partial charge is 0.456 e. The van der Waals surface area contributed by atoms with Crippen LogP contribution in [0.25, 0.3) is 11.2 Å². The number of benzene rings is 3. The van der Waals surface area contributed by atoms with Gasteiger partial charge in [-0.2, -0.15) is 0 Å². The maximum Gasteiger partial charge on any atom is 0.338 e. The average Bonchev–Trinajstić information content (AvgIpc) is 3.92. The van der Waals surface area contributed by atoms with Crippen LogP contribution in [0.4, 0.5) is 11.5 Å².